The third-order valence-electron chi connectivity index (χ3n) is 6.13. The Morgan fingerprint density at radius 2 is 1.58 bits per heavy atom. The first-order chi connectivity index (χ1) is 18.2. The van der Waals surface area contributed by atoms with Gasteiger partial charge in [0.2, 0.25) is 5.95 Å². The fourth-order valence-electron chi connectivity index (χ4n) is 4.36. The maximum Gasteiger partial charge on any atom is 0.327 e. The molecule has 2 heterocycles. The van der Waals surface area contributed by atoms with Crippen molar-refractivity contribution in [3.8, 4) is 0 Å². The molecule has 1 aliphatic rings. The predicted molar refractivity (Wildman–Crippen MR) is 142 cm³/mol. The van der Waals surface area contributed by atoms with Gasteiger partial charge in [-0.15, -0.1) is 0 Å². The number of sulfonamides is 1. The number of rotatable bonds is 9. The molecule has 1 fully saturated rings. The first-order valence-electron chi connectivity index (χ1n) is 12.2. The van der Waals surface area contributed by atoms with Gasteiger partial charge in [-0.25, -0.2) is 18.4 Å². The SMILES string of the molecule is C[C@@H]1CN(c2ccc(C(=O)NCCC(=O)ONS(=O)(=O)c3ccccc3)cc2)C[C@H](C)N1c1ncccn1. The van der Waals surface area contributed by atoms with Crippen LogP contribution in [0.25, 0.3) is 0 Å². The Bertz CT molecular complexity index is 1330. The topological polar surface area (TPSA) is 134 Å². The zero-order valence-corrected chi connectivity index (χ0v) is 22.0. The molecule has 0 aliphatic carbocycles. The Hall–Kier alpha value is -4.03. The lowest BCUT2D eigenvalue weighted by Gasteiger charge is -2.45. The molecule has 2 aromatic carbocycles. The zero-order chi connectivity index (χ0) is 27.1. The Balaban J connectivity index is 1.24. The standard InChI is InChI=1S/C26H30N6O5S/c1-19-17-31(18-20(2)32(19)26-28-14-6-15-29-26)22-11-9-21(10-12-22)25(34)27-16-13-24(33)37-30-38(35,36)23-7-4-3-5-8-23/h3-12,14-15,19-20,30H,13,16-18H2,1-2H3,(H,27,34)/t19-,20+. The highest BCUT2D eigenvalue weighted by molar-refractivity contribution is 7.89. The highest BCUT2D eigenvalue weighted by Gasteiger charge is 2.31. The van der Waals surface area contributed by atoms with Crippen LogP contribution in [0.3, 0.4) is 0 Å². The van der Waals surface area contributed by atoms with Crippen LogP contribution < -0.4 is 20.0 Å². The number of anilines is 2. The van der Waals surface area contributed by atoms with E-state index in [2.05, 4.69) is 43.8 Å². The minimum absolute atomic E-state index is 0.00890. The summed E-state index contributed by atoms with van der Waals surface area (Å²) in [6, 6.07) is 17.0. The summed E-state index contributed by atoms with van der Waals surface area (Å²) >= 11 is 0. The van der Waals surface area contributed by atoms with Crippen LogP contribution in [-0.4, -0.2) is 62.0 Å². The average molecular weight is 539 g/mol. The summed E-state index contributed by atoms with van der Waals surface area (Å²) in [5.41, 5.74) is 1.45. The summed E-state index contributed by atoms with van der Waals surface area (Å²) in [4.78, 5) is 44.1. The van der Waals surface area contributed by atoms with Crippen molar-refractivity contribution in [2.24, 2.45) is 0 Å². The van der Waals surface area contributed by atoms with E-state index in [0.29, 0.717) is 5.56 Å². The third kappa shape index (κ3) is 6.64. The maximum atomic E-state index is 12.5. The lowest BCUT2D eigenvalue weighted by molar-refractivity contribution is -0.146. The Kier molecular flexibility index (Phi) is 8.54. The molecular weight excluding hydrogens is 508 g/mol. The molecule has 0 unspecified atom stereocenters. The summed E-state index contributed by atoms with van der Waals surface area (Å²) in [5.74, 6) is -0.443. The Morgan fingerprint density at radius 1 is 0.947 bits per heavy atom. The van der Waals surface area contributed by atoms with Gasteiger partial charge < -0.3 is 20.0 Å². The van der Waals surface area contributed by atoms with E-state index in [4.69, 9.17) is 0 Å². The van der Waals surface area contributed by atoms with E-state index in [9.17, 15) is 18.0 Å². The molecule has 1 aromatic heterocycles. The van der Waals surface area contributed by atoms with E-state index in [1.165, 1.54) is 12.1 Å². The number of nitrogens with one attached hydrogen (secondary N) is 2. The first-order valence-corrected chi connectivity index (χ1v) is 13.7. The second-order valence-corrected chi connectivity index (χ2v) is 10.6. The second-order valence-electron chi connectivity index (χ2n) is 8.99. The van der Waals surface area contributed by atoms with E-state index < -0.39 is 16.0 Å². The van der Waals surface area contributed by atoms with Gasteiger partial charge in [-0.2, -0.15) is 0 Å². The zero-order valence-electron chi connectivity index (χ0n) is 21.1. The molecule has 11 nitrogen and oxygen atoms in total. The number of aromatic nitrogens is 2. The number of carbonyl (C=O) groups is 2. The van der Waals surface area contributed by atoms with Crippen molar-refractivity contribution >= 4 is 33.5 Å². The lowest BCUT2D eigenvalue weighted by Crippen LogP contribution is -2.57. The minimum Gasteiger partial charge on any atom is -0.367 e. The molecule has 4 rings (SSSR count). The molecule has 1 saturated heterocycles. The average Bonchev–Trinajstić information content (AvgIpc) is 2.93. The quantitative estimate of drug-likeness (QED) is 0.393. The van der Waals surface area contributed by atoms with Gasteiger partial charge in [0.05, 0.1) is 11.3 Å². The Morgan fingerprint density at radius 3 is 2.21 bits per heavy atom. The van der Waals surface area contributed by atoms with Gasteiger partial charge in [-0.1, -0.05) is 18.2 Å². The maximum absolute atomic E-state index is 12.5. The van der Waals surface area contributed by atoms with Crippen LogP contribution >= 0.6 is 0 Å². The van der Waals surface area contributed by atoms with Crippen LogP contribution in [0.5, 0.6) is 0 Å². The summed E-state index contributed by atoms with van der Waals surface area (Å²) in [6.07, 6.45) is 3.29. The number of carbonyl (C=O) groups excluding carboxylic acids is 2. The van der Waals surface area contributed by atoms with Crippen molar-refractivity contribution in [2.75, 3.05) is 29.4 Å². The molecule has 0 bridgehead atoms. The van der Waals surface area contributed by atoms with E-state index in [-0.39, 0.29) is 35.9 Å². The number of piperazine rings is 1. The van der Waals surface area contributed by atoms with E-state index in [0.717, 1.165) is 24.7 Å². The van der Waals surface area contributed by atoms with Crippen molar-refractivity contribution in [2.45, 2.75) is 37.2 Å². The molecule has 38 heavy (non-hydrogen) atoms. The number of nitrogens with zero attached hydrogens (tertiary/aromatic N) is 4. The molecule has 0 radical (unpaired) electrons. The highest BCUT2D eigenvalue weighted by atomic mass is 32.2. The van der Waals surface area contributed by atoms with Crippen LogP contribution in [0.4, 0.5) is 11.6 Å². The summed E-state index contributed by atoms with van der Waals surface area (Å²) in [5, 5.41) is 2.64. The number of benzene rings is 2. The van der Waals surface area contributed by atoms with Crippen LogP contribution in [0.15, 0.2) is 78.0 Å². The van der Waals surface area contributed by atoms with Gasteiger partial charge in [0, 0.05) is 55.4 Å². The van der Waals surface area contributed by atoms with Gasteiger partial charge >= 0.3 is 5.97 Å². The van der Waals surface area contributed by atoms with Crippen molar-refractivity contribution in [3.05, 3.63) is 78.6 Å². The molecule has 0 saturated carbocycles. The van der Waals surface area contributed by atoms with E-state index in [1.54, 1.807) is 53.7 Å². The summed E-state index contributed by atoms with van der Waals surface area (Å²) in [6.45, 7) is 5.83. The molecule has 2 N–H and O–H groups in total. The first kappa shape index (κ1) is 27.0. The van der Waals surface area contributed by atoms with Gasteiger partial charge in [-0.05, 0) is 61.2 Å². The molecule has 0 spiro atoms. The molecular formula is C26H30N6O5S. The predicted octanol–water partition coefficient (Wildman–Crippen LogP) is 2.14. The molecule has 1 amide bonds. The number of amides is 1. The smallest absolute Gasteiger partial charge is 0.327 e. The molecule has 1 aliphatic heterocycles. The van der Waals surface area contributed by atoms with Crippen molar-refractivity contribution in [3.63, 3.8) is 0 Å². The summed E-state index contributed by atoms with van der Waals surface area (Å²) < 4.78 is 24.2. The normalized spacial score (nSPS) is 17.6. The van der Waals surface area contributed by atoms with E-state index in [1.807, 2.05) is 12.1 Å². The van der Waals surface area contributed by atoms with Crippen molar-refractivity contribution < 1.29 is 22.8 Å². The largest absolute Gasteiger partial charge is 0.367 e. The van der Waals surface area contributed by atoms with Gasteiger partial charge in [0.25, 0.3) is 15.9 Å². The van der Waals surface area contributed by atoms with Crippen LogP contribution in [0.1, 0.15) is 30.6 Å². The summed E-state index contributed by atoms with van der Waals surface area (Å²) in [7, 11) is -3.97. The fraction of sp³-hybridized carbons (Fsp3) is 0.308. The van der Waals surface area contributed by atoms with Crippen LogP contribution in [-0.2, 0) is 19.7 Å². The lowest BCUT2D eigenvalue weighted by atomic mass is 10.1. The van der Waals surface area contributed by atoms with Gasteiger partial charge in [-0.3, -0.25) is 9.59 Å². The van der Waals surface area contributed by atoms with Crippen molar-refractivity contribution in [1.82, 2.24) is 20.2 Å². The van der Waals surface area contributed by atoms with Crippen LogP contribution in [0.2, 0.25) is 0 Å². The number of hydrogen-bond donors (Lipinski definition) is 2. The van der Waals surface area contributed by atoms with Crippen LogP contribution in [0, 0.1) is 0 Å². The number of hydrogen-bond acceptors (Lipinski definition) is 9. The minimum atomic E-state index is -3.97. The van der Waals surface area contributed by atoms with Crippen molar-refractivity contribution in [1.29, 1.82) is 0 Å². The molecule has 3 aromatic rings. The van der Waals surface area contributed by atoms with E-state index >= 15 is 0 Å². The van der Waals surface area contributed by atoms with Gasteiger partial charge in [0.1, 0.15) is 0 Å². The second kappa shape index (κ2) is 12.0. The molecule has 12 heteroatoms. The third-order valence-corrected chi connectivity index (χ3v) is 7.33. The fourth-order valence-corrected chi connectivity index (χ4v) is 5.17. The Labute approximate surface area is 221 Å². The molecule has 200 valence electrons. The molecule has 2 atom stereocenters. The highest BCUT2D eigenvalue weighted by Crippen LogP contribution is 2.25. The monoisotopic (exact) mass is 538 g/mol. The van der Waals surface area contributed by atoms with Gasteiger partial charge in [0.15, 0.2) is 0 Å².